The number of guanidine groups is 1. The highest BCUT2D eigenvalue weighted by Crippen LogP contribution is 2.21. The van der Waals surface area contributed by atoms with Crippen LogP contribution < -0.4 is 11.1 Å². The molecular weight excluding hydrogens is 326 g/mol. The van der Waals surface area contributed by atoms with Gasteiger partial charge in [0.2, 0.25) is 0 Å². The summed E-state index contributed by atoms with van der Waals surface area (Å²) in [5.74, 6) is 0.960. The summed E-state index contributed by atoms with van der Waals surface area (Å²) in [5.41, 5.74) is 7.94. The number of piperazine rings is 1. The van der Waals surface area contributed by atoms with E-state index in [-0.39, 0.29) is 17.9 Å². The SMILES string of the molecule is CC(=O)c1cccc(NC(=N[C@H]2CCCC[C@@H]2N)N2CCN(C)CC2)c1. The average Bonchev–Trinajstić information content (AvgIpc) is 2.64. The number of nitrogens with one attached hydrogen (secondary N) is 1. The Morgan fingerprint density at radius 2 is 1.92 bits per heavy atom. The minimum Gasteiger partial charge on any atom is -0.340 e. The van der Waals surface area contributed by atoms with Crippen molar-refractivity contribution in [3.05, 3.63) is 29.8 Å². The standard InChI is InChI=1S/C20H31N5O/c1-15(26)16-6-5-7-17(14-16)22-20(25-12-10-24(2)11-13-25)23-19-9-4-3-8-18(19)21/h5-7,14,18-19H,3-4,8-13,21H2,1-2H3,(H,22,23)/t18-,19-/m0/s1. The fourth-order valence-electron chi connectivity index (χ4n) is 3.61. The quantitative estimate of drug-likeness (QED) is 0.493. The molecule has 0 aromatic heterocycles. The van der Waals surface area contributed by atoms with Crippen LogP contribution in [0.15, 0.2) is 29.3 Å². The third-order valence-electron chi connectivity index (χ3n) is 5.40. The Kier molecular flexibility index (Phi) is 6.27. The van der Waals surface area contributed by atoms with Crippen molar-refractivity contribution < 1.29 is 4.79 Å². The third-order valence-corrected chi connectivity index (χ3v) is 5.40. The Labute approximate surface area is 156 Å². The van der Waals surface area contributed by atoms with Crippen molar-refractivity contribution in [3.63, 3.8) is 0 Å². The maximum absolute atomic E-state index is 11.7. The Balaban J connectivity index is 1.82. The van der Waals surface area contributed by atoms with E-state index < -0.39 is 0 Å². The van der Waals surface area contributed by atoms with Crippen LogP contribution in [0.3, 0.4) is 0 Å². The van der Waals surface area contributed by atoms with Gasteiger partial charge in [0.15, 0.2) is 11.7 Å². The summed E-state index contributed by atoms with van der Waals surface area (Å²) in [6.45, 7) is 5.51. The number of hydrogen-bond acceptors (Lipinski definition) is 4. The molecule has 0 bridgehead atoms. The van der Waals surface area contributed by atoms with Gasteiger partial charge in [-0.05, 0) is 38.9 Å². The molecule has 1 saturated carbocycles. The maximum Gasteiger partial charge on any atom is 0.198 e. The second-order valence-corrected chi connectivity index (χ2v) is 7.52. The van der Waals surface area contributed by atoms with Gasteiger partial charge in [0, 0.05) is 43.5 Å². The van der Waals surface area contributed by atoms with Gasteiger partial charge in [-0.2, -0.15) is 0 Å². The molecule has 0 amide bonds. The summed E-state index contributed by atoms with van der Waals surface area (Å²) in [6, 6.07) is 7.94. The summed E-state index contributed by atoms with van der Waals surface area (Å²) < 4.78 is 0. The van der Waals surface area contributed by atoms with E-state index in [4.69, 9.17) is 10.7 Å². The fraction of sp³-hybridized carbons (Fsp3) is 0.600. The first kappa shape index (κ1) is 18.9. The van der Waals surface area contributed by atoms with Gasteiger partial charge < -0.3 is 20.9 Å². The predicted molar refractivity (Wildman–Crippen MR) is 107 cm³/mol. The van der Waals surface area contributed by atoms with E-state index in [2.05, 4.69) is 22.2 Å². The van der Waals surface area contributed by atoms with Crippen LogP contribution >= 0.6 is 0 Å². The van der Waals surface area contributed by atoms with Crippen molar-refractivity contribution in [2.24, 2.45) is 10.7 Å². The second kappa shape index (κ2) is 8.64. The molecule has 2 atom stereocenters. The average molecular weight is 358 g/mol. The van der Waals surface area contributed by atoms with Gasteiger partial charge in [-0.3, -0.25) is 4.79 Å². The first-order chi connectivity index (χ1) is 12.5. The Bertz CT molecular complexity index is 651. The molecule has 1 aliphatic carbocycles. The molecule has 26 heavy (non-hydrogen) atoms. The van der Waals surface area contributed by atoms with Crippen LogP contribution in [-0.4, -0.2) is 66.9 Å². The maximum atomic E-state index is 11.7. The Hall–Kier alpha value is -1.92. The molecule has 2 fully saturated rings. The lowest BCUT2D eigenvalue weighted by Crippen LogP contribution is -2.50. The summed E-state index contributed by atoms with van der Waals surface area (Å²) in [5, 5.41) is 3.48. The monoisotopic (exact) mass is 357 g/mol. The largest absolute Gasteiger partial charge is 0.340 e. The first-order valence-corrected chi connectivity index (χ1v) is 9.68. The molecule has 0 unspecified atom stereocenters. The lowest BCUT2D eigenvalue weighted by molar-refractivity contribution is 0.101. The summed E-state index contributed by atoms with van der Waals surface area (Å²) >= 11 is 0. The smallest absolute Gasteiger partial charge is 0.198 e. The number of aliphatic imine (C=N–C) groups is 1. The fourth-order valence-corrected chi connectivity index (χ4v) is 3.61. The van der Waals surface area contributed by atoms with Gasteiger partial charge in [0.25, 0.3) is 0 Å². The highest BCUT2D eigenvalue weighted by atomic mass is 16.1. The lowest BCUT2D eigenvalue weighted by Gasteiger charge is -2.36. The van der Waals surface area contributed by atoms with Gasteiger partial charge in [-0.1, -0.05) is 25.0 Å². The van der Waals surface area contributed by atoms with E-state index in [1.54, 1.807) is 6.92 Å². The van der Waals surface area contributed by atoms with Crippen molar-refractivity contribution in [1.29, 1.82) is 0 Å². The summed E-state index contributed by atoms with van der Waals surface area (Å²) in [4.78, 5) is 21.4. The number of nitrogens with zero attached hydrogens (tertiary/aromatic N) is 3. The van der Waals surface area contributed by atoms with Gasteiger partial charge in [-0.25, -0.2) is 4.99 Å². The van der Waals surface area contributed by atoms with Crippen molar-refractivity contribution in [2.75, 3.05) is 38.5 Å². The van der Waals surface area contributed by atoms with Gasteiger partial charge >= 0.3 is 0 Å². The van der Waals surface area contributed by atoms with Gasteiger partial charge in [-0.15, -0.1) is 0 Å². The third kappa shape index (κ3) is 4.83. The molecule has 1 heterocycles. The van der Waals surface area contributed by atoms with Gasteiger partial charge in [0.05, 0.1) is 6.04 Å². The zero-order chi connectivity index (χ0) is 18.5. The molecule has 2 aliphatic rings. The van der Waals surface area contributed by atoms with Crippen molar-refractivity contribution in [1.82, 2.24) is 9.80 Å². The van der Waals surface area contributed by atoms with E-state index in [9.17, 15) is 4.79 Å². The van der Waals surface area contributed by atoms with Crippen molar-refractivity contribution in [2.45, 2.75) is 44.7 Å². The molecular formula is C20H31N5O. The summed E-state index contributed by atoms with van der Waals surface area (Å²) in [7, 11) is 2.15. The zero-order valence-corrected chi connectivity index (χ0v) is 15.9. The molecule has 142 valence electrons. The molecule has 3 N–H and O–H groups in total. The molecule has 6 nitrogen and oxygen atoms in total. The molecule has 3 rings (SSSR count). The summed E-state index contributed by atoms with van der Waals surface area (Å²) in [6.07, 6.45) is 4.49. The molecule has 6 heteroatoms. The Morgan fingerprint density at radius 1 is 1.19 bits per heavy atom. The first-order valence-electron chi connectivity index (χ1n) is 9.68. The zero-order valence-electron chi connectivity index (χ0n) is 15.9. The number of rotatable bonds is 3. The number of carbonyl (C=O) groups is 1. The highest BCUT2D eigenvalue weighted by molar-refractivity contribution is 5.98. The Morgan fingerprint density at radius 3 is 2.62 bits per heavy atom. The molecule has 1 aromatic carbocycles. The van der Waals surface area contributed by atoms with Crippen LogP contribution in [0, 0.1) is 0 Å². The van der Waals surface area contributed by atoms with E-state index in [0.29, 0.717) is 5.56 Å². The van der Waals surface area contributed by atoms with E-state index >= 15 is 0 Å². The highest BCUT2D eigenvalue weighted by Gasteiger charge is 2.24. The van der Waals surface area contributed by atoms with Crippen molar-refractivity contribution >= 4 is 17.4 Å². The van der Waals surface area contributed by atoms with Crippen LogP contribution in [0.1, 0.15) is 43.0 Å². The van der Waals surface area contributed by atoms with E-state index in [0.717, 1.165) is 50.7 Å². The van der Waals surface area contributed by atoms with Crippen LogP contribution in [0.5, 0.6) is 0 Å². The predicted octanol–water partition coefficient (Wildman–Crippen LogP) is 2.17. The second-order valence-electron chi connectivity index (χ2n) is 7.52. The minimum atomic E-state index is 0.0704. The van der Waals surface area contributed by atoms with Crippen LogP contribution in [0.25, 0.3) is 0 Å². The van der Waals surface area contributed by atoms with Crippen molar-refractivity contribution in [3.8, 4) is 0 Å². The minimum absolute atomic E-state index is 0.0704. The molecule has 0 radical (unpaired) electrons. The van der Waals surface area contributed by atoms with Crippen LogP contribution in [0.4, 0.5) is 5.69 Å². The van der Waals surface area contributed by atoms with Gasteiger partial charge in [0.1, 0.15) is 0 Å². The normalized spacial score (nSPS) is 25.2. The number of hydrogen-bond donors (Lipinski definition) is 2. The number of likely N-dealkylation sites (N-methyl/N-ethyl adjacent to an activating group) is 1. The number of benzene rings is 1. The molecule has 0 spiro atoms. The number of Topliss-reactive ketones (excluding diaryl/α,β-unsaturated/α-hetero) is 1. The van der Waals surface area contributed by atoms with E-state index in [1.807, 2.05) is 24.3 Å². The number of ketones is 1. The lowest BCUT2D eigenvalue weighted by atomic mass is 9.91. The molecule has 1 saturated heterocycles. The molecule has 1 aromatic rings. The topological polar surface area (TPSA) is 74.0 Å². The molecule has 1 aliphatic heterocycles. The van der Waals surface area contributed by atoms with Crippen LogP contribution in [0.2, 0.25) is 0 Å². The number of nitrogens with two attached hydrogens (primary N) is 1. The number of carbonyl (C=O) groups excluding carboxylic acids is 1. The van der Waals surface area contributed by atoms with E-state index in [1.165, 1.54) is 12.8 Å². The number of anilines is 1. The van der Waals surface area contributed by atoms with Crippen LogP contribution in [-0.2, 0) is 0 Å².